The van der Waals surface area contributed by atoms with E-state index in [9.17, 15) is 14.4 Å². The first-order chi connectivity index (χ1) is 16.5. The van der Waals surface area contributed by atoms with Crippen LogP contribution in [0.2, 0.25) is 0 Å². The lowest BCUT2D eigenvalue weighted by atomic mass is 9.98. The number of nitrogens with one attached hydrogen (secondary N) is 3. The van der Waals surface area contributed by atoms with Gasteiger partial charge in [-0.3, -0.25) is 4.79 Å². The van der Waals surface area contributed by atoms with Gasteiger partial charge >= 0.3 is 12.2 Å². The minimum Gasteiger partial charge on any atom is -0.449 e. The summed E-state index contributed by atoms with van der Waals surface area (Å²) in [6.07, 6.45) is 1.99. The number of carbonyl (C=O) groups is 3. The van der Waals surface area contributed by atoms with Crippen molar-refractivity contribution in [2.45, 2.75) is 31.2 Å². The van der Waals surface area contributed by atoms with E-state index in [2.05, 4.69) is 46.8 Å². The molecule has 3 amide bonds. The number of benzene rings is 2. The normalized spacial score (nSPS) is 12.6. The summed E-state index contributed by atoms with van der Waals surface area (Å²) in [6, 6.07) is 15.5. The zero-order valence-electron chi connectivity index (χ0n) is 19.3. The quantitative estimate of drug-likeness (QED) is 0.346. The number of fused-ring (bicyclic) bond motifs is 3. The highest BCUT2D eigenvalue weighted by molar-refractivity contribution is 5.85. The molecular formula is C26H31N3O5. The number of hydrogen-bond donors (Lipinski definition) is 3. The minimum absolute atomic E-state index is 0.0523. The van der Waals surface area contributed by atoms with Crippen molar-refractivity contribution < 1.29 is 23.9 Å². The zero-order valence-corrected chi connectivity index (χ0v) is 19.3. The molecule has 0 aromatic heterocycles. The summed E-state index contributed by atoms with van der Waals surface area (Å²) < 4.78 is 10.4. The van der Waals surface area contributed by atoms with Gasteiger partial charge in [0.05, 0.1) is 0 Å². The summed E-state index contributed by atoms with van der Waals surface area (Å²) in [5, 5.41) is 7.86. The second-order valence-corrected chi connectivity index (χ2v) is 7.95. The average molecular weight is 466 g/mol. The summed E-state index contributed by atoms with van der Waals surface area (Å²) in [6.45, 7) is 4.21. The highest BCUT2D eigenvalue weighted by Crippen LogP contribution is 2.44. The molecule has 0 saturated carbocycles. The smallest absolute Gasteiger partial charge is 0.407 e. The topological polar surface area (TPSA) is 106 Å². The largest absolute Gasteiger partial charge is 0.449 e. The monoisotopic (exact) mass is 465 g/mol. The first-order valence-corrected chi connectivity index (χ1v) is 11.4. The van der Waals surface area contributed by atoms with Crippen molar-refractivity contribution in [1.29, 1.82) is 0 Å². The Morgan fingerprint density at radius 2 is 1.62 bits per heavy atom. The van der Waals surface area contributed by atoms with Crippen molar-refractivity contribution in [2.24, 2.45) is 0 Å². The molecule has 8 heteroatoms. The Bertz CT molecular complexity index is 978. The lowest BCUT2D eigenvalue weighted by molar-refractivity contribution is -0.122. The maximum Gasteiger partial charge on any atom is 0.407 e. The van der Waals surface area contributed by atoms with Crippen LogP contribution in [0.15, 0.2) is 61.2 Å². The Balaban J connectivity index is 1.49. The molecule has 1 aliphatic carbocycles. The van der Waals surface area contributed by atoms with Gasteiger partial charge in [-0.2, -0.15) is 0 Å². The van der Waals surface area contributed by atoms with Gasteiger partial charge in [-0.1, -0.05) is 61.2 Å². The third-order valence-corrected chi connectivity index (χ3v) is 5.72. The van der Waals surface area contributed by atoms with E-state index in [-0.39, 0.29) is 25.0 Å². The van der Waals surface area contributed by atoms with E-state index >= 15 is 0 Å². The molecule has 2 aromatic rings. The Morgan fingerprint density at radius 3 is 2.24 bits per heavy atom. The van der Waals surface area contributed by atoms with Gasteiger partial charge in [-0.15, -0.1) is 0 Å². The number of rotatable bonds is 11. The maximum absolute atomic E-state index is 12.5. The van der Waals surface area contributed by atoms with E-state index in [0.717, 1.165) is 22.3 Å². The molecule has 8 nitrogen and oxygen atoms in total. The van der Waals surface area contributed by atoms with Gasteiger partial charge in [-0.05, 0) is 41.5 Å². The van der Waals surface area contributed by atoms with Gasteiger partial charge in [0, 0.05) is 19.5 Å². The molecule has 3 rings (SSSR count). The number of carbonyl (C=O) groups excluding carboxylic acids is 3. The van der Waals surface area contributed by atoms with Gasteiger partial charge < -0.3 is 25.4 Å². The fourth-order valence-electron chi connectivity index (χ4n) is 4.07. The van der Waals surface area contributed by atoms with Crippen molar-refractivity contribution in [3.8, 4) is 11.1 Å². The van der Waals surface area contributed by atoms with Crippen molar-refractivity contribution in [2.75, 3.05) is 26.8 Å². The number of hydrogen-bond acceptors (Lipinski definition) is 5. The summed E-state index contributed by atoms with van der Waals surface area (Å²) in [5.41, 5.74) is 4.55. The fourth-order valence-corrected chi connectivity index (χ4v) is 4.07. The molecule has 0 aliphatic heterocycles. The van der Waals surface area contributed by atoms with Crippen LogP contribution in [0.4, 0.5) is 9.59 Å². The van der Waals surface area contributed by atoms with Crippen LogP contribution in [-0.4, -0.2) is 50.9 Å². The van der Waals surface area contributed by atoms with E-state index in [4.69, 9.17) is 9.47 Å². The molecule has 0 radical (unpaired) electrons. The van der Waals surface area contributed by atoms with Crippen LogP contribution in [-0.2, 0) is 14.3 Å². The number of likely N-dealkylation sites (N-methyl/N-ethyl adjacent to an activating group) is 1. The van der Waals surface area contributed by atoms with Crippen LogP contribution in [0.5, 0.6) is 0 Å². The number of amides is 3. The van der Waals surface area contributed by atoms with Crippen molar-refractivity contribution in [3.63, 3.8) is 0 Å². The van der Waals surface area contributed by atoms with Gasteiger partial charge in [0.2, 0.25) is 5.91 Å². The molecule has 1 aliphatic rings. The predicted octanol–water partition coefficient (Wildman–Crippen LogP) is 3.72. The number of ether oxygens (including phenoxy) is 2. The molecule has 0 bridgehead atoms. The van der Waals surface area contributed by atoms with E-state index in [0.29, 0.717) is 25.8 Å². The summed E-state index contributed by atoms with van der Waals surface area (Å²) in [7, 11) is 1.52. The second-order valence-electron chi connectivity index (χ2n) is 7.95. The van der Waals surface area contributed by atoms with Crippen LogP contribution in [0.3, 0.4) is 0 Å². The van der Waals surface area contributed by atoms with Gasteiger partial charge in [0.1, 0.15) is 19.3 Å². The van der Waals surface area contributed by atoms with Crippen molar-refractivity contribution >= 4 is 18.1 Å². The molecular weight excluding hydrogens is 434 g/mol. The van der Waals surface area contributed by atoms with Crippen LogP contribution in [0.1, 0.15) is 36.3 Å². The predicted molar refractivity (Wildman–Crippen MR) is 129 cm³/mol. The molecule has 0 fully saturated rings. The molecule has 0 spiro atoms. The molecule has 180 valence electrons. The Labute approximate surface area is 199 Å². The molecule has 0 saturated heterocycles. The summed E-state index contributed by atoms with van der Waals surface area (Å²) >= 11 is 0. The maximum atomic E-state index is 12.5. The van der Waals surface area contributed by atoms with Gasteiger partial charge in [0.15, 0.2) is 0 Å². The molecule has 2 aromatic carbocycles. The third kappa shape index (κ3) is 6.37. The molecule has 1 atom stereocenters. The highest BCUT2D eigenvalue weighted by atomic mass is 16.6. The molecule has 34 heavy (non-hydrogen) atoms. The van der Waals surface area contributed by atoms with Crippen molar-refractivity contribution in [3.05, 3.63) is 72.3 Å². The standard InChI is InChI=1S/C26H31N3O5/c1-3-16-33-25(31)28-15-9-8-14-23(24(30)27-2)29-26(32)34-17-22-20-12-6-4-10-18(20)19-11-5-7-13-21(19)22/h3-7,10-13,22-23H,1,8-9,14-17H2,2H3,(H,27,30)(H,28,31)(H,29,32)/t23-/m1/s1. The Morgan fingerprint density at radius 1 is 0.971 bits per heavy atom. The molecule has 0 heterocycles. The SMILES string of the molecule is C=CCOC(=O)NCCCC[C@@H](NC(=O)OCC1c2ccccc2-c2ccccc21)C(=O)NC. The molecule has 3 N–H and O–H groups in total. The first-order valence-electron chi connectivity index (χ1n) is 11.4. The number of unbranched alkanes of at least 4 members (excludes halogenated alkanes) is 1. The summed E-state index contributed by atoms with van der Waals surface area (Å²) in [5.74, 6) is -0.351. The van der Waals surface area contributed by atoms with E-state index < -0.39 is 18.2 Å². The van der Waals surface area contributed by atoms with E-state index in [1.54, 1.807) is 0 Å². The highest BCUT2D eigenvalue weighted by Gasteiger charge is 2.29. The summed E-state index contributed by atoms with van der Waals surface area (Å²) in [4.78, 5) is 36.2. The van der Waals surface area contributed by atoms with Crippen molar-refractivity contribution in [1.82, 2.24) is 16.0 Å². The lowest BCUT2D eigenvalue weighted by Gasteiger charge is -2.19. The van der Waals surface area contributed by atoms with Crippen LogP contribution in [0.25, 0.3) is 11.1 Å². The van der Waals surface area contributed by atoms with Crippen LogP contribution < -0.4 is 16.0 Å². The third-order valence-electron chi connectivity index (χ3n) is 5.72. The van der Waals surface area contributed by atoms with Crippen LogP contribution >= 0.6 is 0 Å². The average Bonchev–Trinajstić information content (AvgIpc) is 3.18. The van der Waals surface area contributed by atoms with E-state index in [1.807, 2.05) is 24.3 Å². The van der Waals surface area contributed by atoms with Gasteiger partial charge in [-0.25, -0.2) is 9.59 Å². The zero-order chi connectivity index (χ0) is 24.3. The fraction of sp³-hybridized carbons (Fsp3) is 0.346. The van der Waals surface area contributed by atoms with Gasteiger partial charge in [0.25, 0.3) is 0 Å². The number of alkyl carbamates (subject to hydrolysis) is 2. The minimum atomic E-state index is -0.728. The second kappa shape index (κ2) is 12.4. The Hall–Kier alpha value is -3.81. The van der Waals surface area contributed by atoms with Crippen LogP contribution in [0, 0.1) is 0 Å². The Kier molecular flexibility index (Phi) is 9.08. The lowest BCUT2D eigenvalue weighted by Crippen LogP contribution is -2.46. The molecule has 0 unspecified atom stereocenters. The first kappa shape index (κ1) is 24.8. The van der Waals surface area contributed by atoms with E-state index in [1.165, 1.54) is 13.1 Å².